The quantitative estimate of drug-likeness (QED) is 0.387. The van der Waals surface area contributed by atoms with Crippen LogP contribution in [0.25, 0.3) is 0 Å². The third-order valence-electron chi connectivity index (χ3n) is 5.11. The molecule has 1 fully saturated rings. The van der Waals surface area contributed by atoms with Crippen molar-refractivity contribution in [2.75, 3.05) is 33.4 Å². The molecule has 0 saturated heterocycles. The van der Waals surface area contributed by atoms with Crippen molar-refractivity contribution >= 4 is 5.96 Å². The maximum absolute atomic E-state index is 5.32. The molecule has 1 aromatic rings. The molecule has 6 nitrogen and oxygen atoms in total. The van der Waals surface area contributed by atoms with Gasteiger partial charge in [-0.2, -0.15) is 5.10 Å². The Hall–Kier alpha value is -1.56. The lowest BCUT2D eigenvalue weighted by Gasteiger charge is -2.27. The van der Waals surface area contributed by atoms with Gasteiger partial charge in [-0.1, -0.05) is 12.8 Å². The summed E-state index contributed by atoms with van der Waals surface area (Å²) < 4.78 is 7.18. The highest BCUT2D eigenvalue weighted by atomic mass is 16.5. The van der Waals surface area contributed by atoms with Crippen molar-refractivity contribution in [2.24, 2.45) is 17.5 Å². The average Bonchev–Trinajstić information content (AvgIpc) is 3.24. The molecule has 0 atom stereocenters. The molecule has 1 aliphatic carbocycles. The number of ether oxygens (including phenoxy) is 1. The summed E-state index contributed by atoms with van der Waals surface area (Å²) in [6.07, 6.45) is 12.5. The van der Waals surface area contributed by atoms with Gasteiger partial charge in [-0.3, -0.25) is 9.67 Å². The van der Waals surface area contributed by atoms with Crippen LogP contribution in [-0.4, -0.2) is 49.1 Å². The number of methoxy groups -OCH3 is 1. The van der Waals surface area contributed by atoms with Gasteiger partial charge in [-0.15, -0.1) is 0 Å². The average molecular weight is 350 g/mol. The van der Waals surface area contributed by atoms with Gasteiger partial charge in [0.15, 0.2) is 5.96 Å². The Kier molecular flexibility index (Phi) is 8.25. The molecule has 2 rings (SSSR count). The minimum absolute atomic E-state index is 0.341. The van der Waals surface area contributed by atoms with Crippen LogP contribution in [0.15, 0.2) is 17.4 Å². The second-order valence-corrected chi connectivity index (χ2v) is 7.20. The standard InChI is InChI=1S/C19H35N5O/c1-4-20-18(21-12-7-8-17-14-23-24(2)15-17)22-16-19(11-13-25-3)9-5-6-10-19/h14-15H,4-13,16H2,1-3H3,(H2,20,21,22). The Bertz CT molecular complexity index is 520. The van der Waals surface area contributed by atoms with Gasteiger partial charge < -0.3 is 15.4 Å². The monoisotopic (exact) mass is 349 g/mol. The van der Waals surface area contributed by atoms with E-state index in [9.17, 15) is 0 Å². The molecule has 142 valence electrons. The lowest BCUT2D eigenvalue weighted by Crippen LogP contribution is -2.39. The first kappa shape index (κ1) is 19.8. The zero-order valence-corrected chi connectivity index (χ0v) is 16.2. The first-order chi connectivity index (χ1) is 12.2. The van der Waals surface area contributed by atoms with Crippen molar-refractivity contribution in [3.63, 3.8) is 0 Å². The number of nitrogens with one attached hydrogen (secondary N) is 2. The van der Waals surface area contributed by atoms with Crippen LogP contribution in [0.2, 0.25) is 0 Å². The Morgan fingerprint density at radius 2 is 2.16 bits per heavy atom. The minimum atomic E-state index is 0.341. The Labute approximate surface area is 152 Å². The van der Waals surface area contributed by atoms with Gasteiger partial charge in [-0.05, 0) is 50.0 Å². The second-order valence-electron chi connectivity index (χ2n) is 7.20. The van der Waals surface area contributed by atoms with E-state index in [1.165, 1.54) is 31.2 Å². The zero-order valence-electron chi connectivity index (χ0n) is 16.2. The second kappa shape index (κ2) is 10.4. The first-order valence-corrected chi connectivity index (χ1v) is 9.66. The third-order valence-corrected chi connectivity index (χ3v) is 5.11. The molecule has 1 heterocycles. The van der Waals surface area contributed by atoms with Gasteiger partial charge in [0.2, 0.25) is 0 Å². The molecule has 0 aromatic carbocycles. The van der Waals surface area contributed by atoms with E-state index in [1.807, 2.05) is 17.9 Å². The van der Waals surface area contributed by atoms with E-state index >= 15 is 0 Å². The van der Waals surface area contributed by atoms with Crippen LogP contribution >= 0.6 is 0 Å². The van der Waals surface area contributed by atoms with Crippen LogP contribution in [-0.2, 0) is 18.2 Å². The van der Waals surface area contributed by atoms with E-state index in [-0.39, 0.29) is 0 Å². The maximum atomic E-state index is 5.32. The zero-order chi connectivity index (χ0) is 18.0. The summed E-state index contributed by atoms with van der Waals surface area (Å²) in [5, 5.41) is 11.1. The normalized spacial score (nSPS) is 17.0. The van der Waals surface area contributed by atoms with Crippen molar-refractivity contribution < 1.29 is 4.74 Å². The lowest BCUT2D eigenvalue weighted by molar-refractivity contribution is 0.141. The summed E-state index contributed by atoms with van der Waals surface area (Å²) in [6, 6.07) is 0. The summed E-state index contributed by atoms with van der Waals surface area (Å²) in [5.41, 5.74) is 1.63. The number of hydrogen-bond acceptors (Lipinski definition) is 3. The number of rotatable bonds is 10. The van der Waals surface area contributed by atoms with Crippen molar-refractivity contribution in [1.82, 2.24) is 20.4 Å². The van der Waals surface area contributed by atoms with E-state index < -0.39 is 0 Å². The Balaban J connectivity index is 1.80. The minimum Gasteiger partial charge on any atom is -0.385 e. The topological polar surface area (TPSA) is 63.5 Å². The number of aromatic nitrogens is 2. The lowest BCUT2D eigenvalue weighted by atomic mass is 9.83. The molecular weight excluding hydrogens is 314 g/mol. The van der Waals surface area contributed by atoms with E-state index in [4.69, 9.17) is 9.73 Å². The van der Waals surface area contributed by atoms with Gasteiger partial charge in [-0.25, -0.2) is 0 Å². The van der Waals surface area contributed by atoms with Crippen molar-refractivity contribution in [1.29, 1.82) is 0 Å². The van der Waals surface area contributed by atoms with Gasteiger partial charge in [0, 0.05) is 46.6 Å². The van der Waals surface area contributed by atoms with Crippen LogP contribution < -0.4 is 10.6 Å². The van der Waals surface area contributed by atoms with Gasteiger partial charge >= 0.3 is 0 Å². The highest BCUT2D eigenvalue weighted by Crippen LogP contribution is 2.41. The molecule has 0 unspecified atom stereocenters. The molecule has 0 aliphatic heterocycles. The summed E-state index contributed by atoms with van der Waals surface area (Å²) in [6.45, 7) is 5.66. The van der Waals surface area contributed by atoms with Crippen molar-refractivity contribution in [3.05, 3.63) is 18.0 Å². The van der Waals surface area contributed by atoms with E-state index in [1.54, 1.807) is 7.11 Å². The van der Waals surface area contributed by atoms with E-state index in [2.05, 4.69) is 28.9 Å². The molecule has 25 heavy (non-hydrogen) atoms. The van der Waals surface area contributed by atoms with Gasteiger partial charge in [0.1, 0.15) is 0 Å². The smallest absolute Gasteiger partial charge is 0.191 e. The third kappa shape index (κ3) is 6.69. The molecule has 1 aliphatic rings. The number of hydrogen-bond donors (Lipinski definition) is 2. The molecule has 0 spiro atoms. The molecule has 1 saturated carbocycles. The molecule has 0 radical (unpaired) electrons. The van der Waals surface area contributed by atoms with Crippen LogP contribution in [0.4, 0.5) is 0 Å². The van der Waals surface area contributed by atoms with Crippen LogP contribution in [0.3, 0.4) is 0 Å². The SMILES string of the molecule is CCNC(=NCC1(CCOC)CCCC1)NCCCc1cnn(C)c1. The maximum Gasteiger partial charge on any atom is 0.191 e. The molecule has 6 heteroatoms. The van der Waals surface area contributed by atoms with Gasteiger partial charge in [0.05, 0.1) is 6.20 Å². The fourth-order valence-electron chi connectivity index (χ4n) is 3.62. The van der Waals surface area contributed by atoms with Crippen LogP contribution in [0.5, 0.6) is 0 Å². The fraction of sp³-hybridized carbons (Fsp3) is 0.789. The number of aliphatic imine (C=N–C) groups is 1. The van der Waals surface area contributed by atoms with E-state index in [0.717, 1.165) is 51.5 Å². The summed E-state index contributed by atoms with van der Waals surface area (Å²) >= 11 is 0. The number of guanidine groups is 1. The first-order valence-electron chi connectivity index (χ1n) is 9.66. The Morgan fingerprint density at radius 3 is 2.80 bits per heavy atom. The van der Waals surface area contributed by atoms with Crippen LogP contribution in [0, 0.1) is 5.41 Å². The molecule has 0 bridgehead atoms. The molecular formula is C19H35N5O. The largest absolute Gasteiger partial charge is 0.385 e. The molecule has 2 N–H and O–H groups in total. The fourth-order valence-corrected chi connectivity index (χ4v) is 3.62. The highest BCUT2D eigenvalue weighted by molar-refractivity contribution is 5.79. The van der Waals surface area contributed by atoms with Crippen LogP contribution in [0.1, 0.15) is 51.0 Å². The van der Waals surface area contributed by atoms with E-state index in [0.29, 0.717) is 5.41 Å². The summed E-state index contributed by atoms with van der Waals surface area (Å²) in [4.78, 5) is 4.89. The molecule has 0 amide bonds. The Morgan fingerprint density at radius 1 is 1.36 bits per heavy atom. The molecule has 1 aromatic heterocycles. The number of nitrogens with zero attached hydrogens (tertiary/aromatic N) is 3. The highest BCUT2D eigenvalue weighted by Gasteiger charge is 2.33. The van der Waals surface area contributed by atoms with Crippen molar-refractivity contribution in [2.45, 2.75) is 51.9 Å². The predicted molar refractivity (Wildman–Crippen MR) is 103 cm³/mol. The summed E-state index contributed by atoms with van der Waals surface area (Å²) in [7, 11) is 3.75. The predicted octanol–water partition coefficient (Wildman–Crippen LogP) is 2.50. The summed E-state index contributed by atoms with van der Waals surface area (Å²) in [5.74, 6) is 0.942. The van der Waals surface area contributed by atoms with Gasteiger partial charge in [0.25, 0.3) is 0 Å². The van der Waals surface area contributed by atoms with Crippen molar-refractivity contribution in [3.8, 4) is 0 Å². The number of aryl methyl sites for hydroxylation is 2.